The third-order valence-corrected chi connectivity index (χ3v) is 7.17. The average molecular weight is 566 g/mol. The summed E-state index contributed by atoms with van der Waals surface area (Å²) >= 11 is 1.36. The van der Waals surface area contributed by atoms with Crippen molar-refractivity contribution in [2.45, 2.75) is 18.7 Å². The second kappa shape index (κ2) is 14.0. The van der Waals surface area contributed by atoms with Crippen LogP contribution in [0.1, 0.15) is 27.0 Å². The van der Waals surface area contributed by atoms with Gasteiger partial charge in [-0.05, 0) is 67.4 Å². The van der Waals surface area contributed by atoms with E-state index in [0.717, 1.165) is 21.7 Å². The predicted octanol–water partition coefficient (Wildman–Crippen LogP) is 6.45. The van der Waals surface area contributed by atoms with Crippen LogP contribution in [-0.2, 0) is 9.59 Å². The van der Waals surface area contributed by atoms with Crippen molar-refractivity contribution in [3.8, 4) is 5.75 Å². The number of aryl methyl sites for hydroxylation is 2. The molecule has 0 aliphatic heterocycles. The van der Waals surface area contributed by atoms with Crippen molar-refractivity contribution >= 4 is 46.9 Å². The molecule has 0 aromatic heterocycles. The molecule has 8 heteroatoms. The molecule has 0 fully saturated rings. The smallest absolute Gasteiger partial charge is 0.272 e. The van der Waals surface area contributed by atoms with Crippen molar-refractivity contribution in [2.24, 2.45) is 0 Å². The molecule has 0 atom stereocenters. The van der Waals surface area contributed by atoms with E-state index >= 15 is 0 Å². The largest absolute Gasteiger partial charge is 0.496 e. The summed E-state index contributed by atoms with van der Waals surface area (Å²) in [7, 11) is 1.54. The Hall–Kier alpha value is -4.82. The molecule has 4 aromatic carbocycles. The summed E-state index contributed by atoms with van der Waals surface area (Å²) in [6.45, 7) is 3.92. The fourth-order valence-electron chi connectivity index (χ4n) is 4.08. The highest BCUT2D eigenvalue weighted by atomic mass is 32.2. The average Bonchev–Trinajstić information content (AvgIpc) is 2.98. The monoisotopic (exact) mass is 565 g/mol. The van der Waals surface area contributed by atoms with Crippen LogP contribution in [0.15, 0.2) is 108 Å². The predicted molar refractivity (Wildman–Crippen MR) is 165 cm³/mol. The van der Waals surface area contributed by atoms with Crippen LogP contribution >= 0.6 is 11.8 Å². The third kappa shape index (κ3) is 8.09. The van der Waals surface area contributed by atoms with Gasteiger partial charge in [0.05, 0.1) is 12.9 Å². The lowest BCUT2D eigenvalue weighted by molar-refractivity contribution is -0.114. The van der Waals surface area contributed by atoms with Crippen LogP contribution in [0.4, 0.5) is 11.4 Å². The first-order valence-corrected chi connectivity index (χ1v) is 13.9. The van der Waals surface area contributed by atoms with Crippen LogP contribution in [0.3, 0.4) is 0 Å². The van der Waals surface area contributed by atoms with E-state index in [-0.39, 0.29) is 17.4 Å². The normalized spacial score (nSPS) is 11.0. The van der Waals surface area contributed by atoms with Gasteiger partial charge >= 0.3 is 0 Å². The first-order valence-electron chi connectivity index (χ1n) is 13.0. The van der Waals surface area contributed by atoms with Gasteiger partial charge in [-0.2, -0.15) is 0 Å². The molecular weight excluding hydrogens is 534 g/mol. The maximum Gasteiger partial charge on any atom is 0.272 e. The van der Waals surface area contributed by atoms with E-state index in [1.165, 1.54) is 11.8 Å². The van der Waals surface area contributed by atoms with Gasteiger partial charge in [0.15, 0.2) is 0 Å². The molecule has 0 saturated carbocycles. The van der Waals surface area contributed by atoms with Gasteiger partial charge < -0.3 is 20.7 Å². The van der Waals surface area contributed by atoms with Crippen molar-refractivity contribution in [2.75, 3.05) is 23.5 Å². The van der Waals surface area contributed by atoms with E-state index < -0.39 is 11.8 Å². The Kier molecular flexibility index (Phi) is 9.96. The van der Waals surface area contributed by atoms with Gasteiger partial charge in [-0.25, -0.2) is 0 Å². The number of para-hydroxylation sites is 2. The van der Waals surface area contributed by atoms with E-state index in [2.05, 4.69) is 16.0 Å². The zero-order valence-electron chi connectivity index (χ0n) is 23.1. The molecule has 0 radical (unpaired) electrons. The van der Waals surface area contributed by atoms with Crippen LogP contribution in [0, 0.1) is 13.8 Å². The summed E-state index contributed by atoms with van der Waals surface area (Å²) < 4.78 is 5.42. The van der Waals surface area contributed by atoms with Gasteiger partial charge in [-0.15, -0.1) is 11.8 Å². The standard InChI is InChI=1S/C33H31N3O4S/c1-22-11-9-12-23(2)31(22)36-30(37)21-41-27-17-10-16-26(20-27)34-33(39)28(19-25-15-7-8-18-29(25)40-3)35-32(38)24-13-5-4-6-14-24/h4-20H,21H2,1-3H3,(H,34,39)(H,35,38)(H,36,37)/b28-19+. The highest BCUT2D eigenvalue weighted by Crippen LogP contribution is 2.25. The number of thioether (sulfide) groups is 1. The Labute approximate surface area is 244 Å². The molecule has 208 valence electrons. The summed E-state index contributed by atoms with van der Waals surface area (Å²) in [5.74, 6) is -0.273. The van der Waals surface area contributed by atoms with Crippen LogP contribution in [0.25, 0.3) is 6.08 Å². The maximum atomic E-state index is 13.4. The molecule has 0 unspecified atom stereocenters. The van der Waals surface area contributed by atoms with E-state index in [9.17, 15) is 14.4 Å². The number of amides is 3. The van der Waals surface area contributed by atoms with E-state index in [1.54, 1.807) is 67.8 Å². The second-order valence-electron chi connectivity index (χ2n) is 9.21. The number of carbonyl (C=O) groups excluding carboxylic acids is 3. The summed E-state index contributed by atoms with van der Waals surface area (Å²) in [5.41, 5.74) is 4.46. The van der Waals surface area contributed by atoms with Crippen LogP contribution in [-0.4, -0.2) is 30.6 Å². The number of carbonyl (C=O) groups is 3. The van der Waals surface area contributed by atoms with Gasteiger partial charge in [0.2, 0.25) is 5.91 Å². The number of ether oxygens (including phenoxy) is 1. The maximum absolute atomic E-state index is 13.4. The molecule has 4 rings (SSSR count). The van der Waals surface area contributed by atoms with Gasteiger partial charge in [-0.3, -0.25) is 14.4 Å². The fraction of sp³-hybridized carbons (Fsp3) is 0.121. The van der Waals surface area contributed by atoms with E-state index in [1.807, 2.05) is 56.3 Å². The van der Waals surface area contributed by atoms with Crippen LogP contribution in [0.2, 0.25) is 0 Å². The van der Waals surface area contributed by atoms with E-state index in [4.69, 9.17) is 4.74 Å². The van der Waals surface area contributed by atoms with E-state index in [0.29, 0.717) is 22.6 Å². The molecular formula is C33H31N3O4S. The molecule has 0 bridgehead atoms. The highest BCUT2D eigenvalue weighted by Gasteiger charge is 2.16. The zero-order valence-corrected chi connectivity index (χ0v) is 23.9. The number of hydrogen-bond donors (Lipinski definition) is 3. The molecule has 0 heterocycles. The number of hydrogen-bond acceptors (Lipinski definition) is 5. The number of nitrogens with one attached hydrogen (secondary N) is 3. The molecule has 3 N–H and O–H groups in total. The van der Waals surface area contributed by atoms with Gasteiger partial charge in [-0.1, -0.05) is 60.7 Å². The topological polar surface area (TPSA) is 96.5 Å². The Bertz CT molecular complexity index is 1560. The van der Waals surface area contributed by atoms with Gasteiger partial charge in [0.1, 0.15) is 11.4 Å². The lowest BCUT2D eigenvalue weighted by Gasteiger charge is -2.13. The molecule has 7 nitrogen and oxygen atoms in total. The quantitative estimate of drug-likeness (QED) is 0.152. The first kappa shape index (κ1) is 29.2. The highest BCUT2D eigenvalue weighted by molar-refractivity contribution is 8.00. The van der Waals surface area contributed by atoms with Gasteiger partial charge in [0, 0.05) is 27.4 Å². The lowest BCUT2D eigenvalue weighted by atomic mass is 10.1. The van der Waals surface area contributed by atoms with Crippen molar-refractivity contribution in [3.05, 3.63) is 125 Å². The minimum atomic E-state index is -0.505. The SMILES string of the molecule is COc1ccccc1/C=C(/NC(=O)c1ccccc1)C(=O)Nc1cccc(SCC(=O)Nc2c(C)cccc2C)c1. The summed E-state index contributed by atoms with van der Waals surface area (Å²) in [6.07, 6.45) is 1.57. The van der Waals surface area contributed by atoms with Crippen LogP contribution in [0.5, 0.6) is 5.75 Å². The molecule has 0 saturated heterocycles. The minimum absolute atomic E-state index is 0.0504. The second-order valence-corrected chi connectivity index (χ2v) is 10.3. The number of methoxy groups -OCH3 is 1. The fourth-order valence-corrected chi connectivity index (χ4v) is 4.84. The molecule has 41 heavy (non-hydrogen) atoms. The molecule has 0 spiro atoms. The third-order valence-electron chi connectivity index (χ3n) is 6.17. The summed E-state index contributed by atoms with van der Waals surface area (Å²) in [5, 5.41) is 8.59. The van der Waals surface area contributed by atoms with Crippen LogP contribution < -0.4 is 20.7 Å². The molecule has 3 amide bonds. The summed E-state index contributed by atoms with van der Waals surface area (Å²) in [6, 6.07) is 29.0. The zero-order chi connectivity index (χ0) is 29.2. The minimum Gasteiger partial charge on any atom is -0.496 e. The van der Waals surface area contributed by atoms with Crippen molar-refractivity contribution < 1.29 is 19.1 Å². The Morgan fingerprint density at radius 1 is 0.805 bits per heavy atom. The van der Waals surface area contributed by atoms with Gasteiger partial charge in [0.25, 0.3) is 11.8 Å². The number of rotatable bonds is 10. The Morgan fingerprint density at radius 3 is 2.22 bits per heavy atom. The number of benzene rings is 4. The molecule has 0 aliphatic carbocycles. The first-order chi connectivity index (χ1) is 19.8. The van der Waals surface area contributed by atoms with Crippen molar-refractivity contribution in [1.29, 1.82) is 0 Å². The van der Waals surface area contributed by atoms with Crippen molar-refractivity contribution in [3.63, 3.8) is 0 Å². The number of anilines is 2. The van der Waals surface area contributed by atoms with Crippen molar-refractivity contribution in [1.82, 2.24) is 5.32 Å². The Morgan fingerprint density at radius 2 is 1.49 bits per heavy atom. The molecule has 0 aliphatic rings. The lowest BCUT2D eigenvalue weighted by Crippen LogP contribution is -2.30. The summed E-state index contributed by atoms with van der Waals surface area (Å²) in [4.78, 5) is 39.8. The Balaban J connectivity index is 1.48. The molecule has 4 aromatic rings.